The maximum Gasteiger partial charge on any atom is 0.257 e. The minimum Gasteiger partial charge on any atom is -0.325 e. The van der Waals surface area contributed by atoms with E-state index in [2.05, 4.69) is 10.6 Å². The minimum absolute atomic E-state index is 0.130. The molecule has 0 saturated carbocycles. The number of hydrogen-bond acceptors (Lipinski definition) is 3. The first-order valence-corrected chi connectivity index (χ1v) is 10.6. The standard InChI is InChI=1S/C21H15Cl3N2O2S/c22-13-1-8-17(9-2-13)29-12-20(27)25-15-4-6-16(7-5-15)26-21(28)18-10-3-14(23)11-19(18)24/h1-11H,12H2,(H,25,27)(H,26,28). The topological polar surface area (TPSA) is 58.2 Å². The summed E-state index contributed by atoms with van der Waals surface area (Å²) in [6.07, 6.45) is 0. The smallest absolute Gasteiger partial charge is 0.257 e. The summed E-state index contributed by atoms with van der Waals surface area (Å²) in [4.78, 5) is 25.4. The molecule has 3 aromatic carbocycles. The Morgan fingerprint density at radius 3 is 1.97 bits per heavy atom. The van der Waals surface area contributed by atoms with E-state index >= 15 is 0 Å². The van der Waals surface area contributed by atoms with Gasteiger partial charge in [-0.3, -0.25) is 9.59 Å². The maximum atomic E-state index is 12.3. The van der Waals surface area contributed by atoms with Gasteiger partial charge in [0, 0.05) is 26.3 Å². The van der Waals surface area contributed by atoms with Crippen molar-refractivity contribution in [3.63, 3.8) is 0 Å². The van der Waals surface area contributed by atoms with Gasteiger partial charge in [0.05, 0.1) is 16.3 Å². The van der Waals surface area contributed by atoms with Gasteiger partial charge in [-0.25, -0.2) is 0 Å². The molecule has 0 aliphatic carbocycles. The van der Waals surface area contributed by atoms with Gasteiger partial charge in [-0.15, -0.1) is 11.8 Å². The third-order valence-corrected chi connectivity index (χ3v) is 5.60. The fraction of sp³-hybridized carbons (Fsp3) is 0.0476. The Kier molecular flexibility index (Phi) is 7.45. The third-order valence-electron chi connectivity index (χ3n) is 3.79. The van der Waals surface area contributed by atoms with Crippen molar-refractivity contribution in [2.75, 3.05) is 16.4 Å². The molecule has 29 heavy (non-hydrogen) atoms. The number of halogens is 3. The molecule has 2 amide bonds. The molecule has 0 aromatic heterocycles. The van der Waals surface area contributed by atoms with E-state index in [1.165, 1.54) is 17.8 Å². The van der Waals surface area contributed by atoms with Crippen LogP contribution in [0.1, 0.15) is 10.4 Å². The molecule has 0 radical (unpaired) electrons. The van der Waals surface area contributed by atoms with Gasteiger partial charge in [-0.2, -0.15) is 0 Å². The fourth-order valence-electron chi connectivity index (χ4n) is 2.39. The van der Waals surface area contributed by atoms with Gasteiger partial charge < -0.3 is 10.6 Å². The zero-order chi connectivity index (χ0) is 20.8. The summed E-state index contributed by atoms with van der Waals surface area (Å²) in [5, 5.41) is 6.96. The number of carbonyl (C=O) groups excluding carboxylic acids is 2. The third kappa shape index (κ3) is 6.41. The summed E-state index contributed by atoms with van der Waals surface area (Å²) in [6.45, 7) is 0. The summed E-state index contributed by atoms with van der Waals surface area (Å²) in [6, 6.07) is 18.8. The van der Waals surface area contributed by atoms with Crippen LogP contribution in [0.25, 0.3) is 0 Å². The van der Waals surface area contributed by atoms with Crippen LogP contribution in [0, 0.1) is 0 Å². The highest BCUT2D eigenvalue weighted by molar-refractivity contribution is 8.00. The lowest BCUT2D eigenvalue weighted by Gasteiger charge is -2.09. The van der Waals surface area contributed by atoms with Crippen LogP contribution in [0.2, 0.25) is 15.1 Å². The average Bonchev–Trinajstić information content (AvgIpc) is 2.69. The Bertz CT molecular complexity index is 1030. The van der Waals surface area contributed by atoms with Crippen molar-refractivity contribution in [3.05, 3.63) is 87.4 Å². The number of rotatable bonds is 6. The number of amides is 2. The quantitative estimate of drug-likeness (QED) is 0.402. The van der Waals surface area contributed by atoms with Crippen LogP contribution in [0.5, 0.6) is 0 Å². The average molecular weight is 466 g/mol. The molecule has 2 N–H and O–H groups in total. The van der Waals surface area contributed by atoms with Gasteiger partial charge in [0.2, 0.25) is 5.91 Å². The molecule has 3 aromatic rings. The number of nitrogens with one attached hydrogen (secondary N) is 2. The number of hydrogen-bond donors (Lipinski definition) is 2. The van der Waals surface area contributed by atoms with Crippen molar-refractivity contribution >= 4 is 69.8 Å². The lowest BCUT2D eigenvalue weighted by atomic mass is 10.2. The second-order valence-electron chi connectivity index (χ2n) is 5.95. The molecule has 3 rings (SSSR count). The first-order valence-electron chi connectivity index (χ1n) is 8.45. The van der Waals surface area contributed by atoms with E-state index in [4.69, 9.17) is 34.8 Å². The van der Waals surface area contributed by atoms with Crippen LogP contribution in [-0.4, -0.2) is 17.6 Å². The summed E-state index contributed by atoms with van der Waals surface area (Å²) in [7, 11) is 0. The van der Waals surface area contributed by atoms with Crippen LogP contribution in [0.15, 0.2) is 71.6 Å². The van der Waals surface area contributed by atoms with Crippen LogP contribution in [0.3, 0.4) is 0 Å². The molecule has 4 nitrogen and oxygen atoms in total. The normalized spacial score (nSPS) is 10.4. The highest BCUT2D eigenvalue weighted by Crippen LogP contribution is 2.23. The van der Waals surface area contributed by atoms with Crippen molar-refractivity contribution in [3.8, 4) is 0 Å². The summed E-state index contributed by atoms with van der Waals surface area (Å²) >= 11 is 19.2. The van der Waals surface area contributed by atoms with E-state index in [0.717, 1.165) is 4.90 Å². The number of anilines is 2. The zero-order valence-corrected chi connectivity index (χ0v) is 18.0. The molecule has 0 heterocycles. The summed E-state index contributed by atoms with van der Waals surface area (Å²) in [5.74, 6) is -0.202. The first-order chi connectivity index (χ1) is 13.9. The Morgan fingerprint density at radius 1 is 0.759 bits per heavy atom. The SMILES string of the molecule is O=C(CSc1ccc(Cl)cc1)Nc1ccc(NC(=O)c2ccc(Cl)cc2Cl)cc1. The Labute approximate surface area is 187 Å². The Morgan fingerprint density at radius 2 is 1.34 bits per heavy atom. The van der Waals surface area contributed by atoms with E-state index in [1.54, 1.807) is 48.5 Å². The van der Waals surface area contributed by atoms with Crippen molar-refractivity contribution in [2.45, 2.75) is 4.90 Å². The largest absolute Gasteiger partial charge is 0.325 e. The van der Waals surface area contributed by atoms with Gasteiger partial charge in [0.15, 0.2) is 0 Å². The van der Waals surface area contributed by atoms with Crippen molar-refractivity contribution in [1.82, 2.24) is 0 Å². The van der Waals surface area contributed by atoms with E-state index in [9.17, 15) is 9.59 Å². The summed E-state index contributed by atoms with van der Waals surface area (Å²) < 4.78 is 0. The van der Waals surface area contributed by atoms with E-state index in [1.807, 2.05) is 12.1 Å². The predicted octanol–water partition coefficient (Wildman–Crippen LogP) is 6.63. The lowest BCUT2D eigenvalue weighted by molar-refractivity contribution is -0.113. The second-order valence-corrected chi connectivity index (χ2v) is 8.28. The van der Waals surface area contributed by atoms with Crippen LogP contribution < -0.4 is 10.6 Å². The van der Waals surface area contributed by atoms with E-state index < -0.39 is 0 Å². The summed E-state index contributed by atoms with van der Waals surface area (Å²) in [5.41, 5.74) is 1.54. The van der Waals surface area contributed by atoms with Gasteiger partial charge in [-0.1, -0.05) is 34.8 Å². The number of thioether (sulfide) groups is 1. The molecular formula is C21H15Cl3N2O2S. The lowest BCUT2D eigenvalue weighted by Crippen LogP contribution is -2.14. The maximum absolute atomic E-state index is 12.3. The van der Waals surface area contributed by atoms with Crippen LogP contribution in [0.4, 0.5) is 11.4 Å². The molecule has 0 bridgehead atoms. The predicted molar refractivity (Wildman–Crippen MR) is 122 cm³/mol. The van der Waals surface area contributed by atoms with Crippen molar-refractivity contribution < 1.29 is 9.59 Å². The molecule has 148 valence electrons. The minimum atomic E-state index is -0.345. The van der Waals surface area contributed by atoms with Crippen molar-refractivity contribution in [2.24, 2.45) is 0 Å². The highest BCUT2D eigenvalue weighted by atomic mass is 35.5. The monoisotopic (exact) mass is 464 g/mol. The van der Waals surface area contributed by atoms with Gasteiger partial charge in [0.25, 0.3) is 5.91 Å². The Hall–Kier alpha value is -2.18. The van der Waals surface area contributed by atoms with E-state index in [-0.39, 0.29) is 22.6 Å². The highest BCUT2D eigenvalue weighted by Gasteiger charge is 2.11. The molecule has 0 spiro atoms. The molecule has 8 heteroatoms. The first kappa shape index (κ1) is 21.5. The molecule has 0 atom stereocenters. The number of benzene rings is 3. The van der Waals surface area contributed by atoms with Crippen LogP contribution in [-0.2, 0) is 4.79 Å². The Balaban J connectivity index is 1.53. The van der Waals surface area contributed by atoms with Gasteiger partial charge in [0.1, 0.15) is 0 Å². The molecule has 0 saturated heterocycles. The molecule has 0 aliphatic heterocycles. The van der Waals surface area contributed by atoms with Crippen LogP contribution >= 0.6 is 46.6 Å². The second kappa shape index (κ2) is 10.0. The van der Waals surface area contributed by atoms with E-state index in [0.29, 0.717) is 27.0 Å². The zero-order valence-electron chi connectivity index (χ0n) is 14.9. The molecule has 0 unspecified atom stereocenters. The molecule has 0 aliphatic rings. The molecule has 0 fully saturated rings. The fourth-order valence-corrected chi connectivity index (χ4v) is 3.70. The van der Waals surface area contributed by atoms with Crippen molar-refractivity contribution in [1.29, 1.82) is 0 Å². The van der Waals surface area contributed by atoms with Gasteiger partial charge >= 0.3 is 0 Å². The van der Waals surface area contributed by atoms with Gasteiger partial charge in [-0.05, 0) is 66.7 Å². The number of carbonyl (C=O) groups is 2. The molecular weight excluding hydrogens is 451 g/mol.